The maximum absolute atomic E-state index is 12.1. The van der Waals surface area contributed by atoms with Crippen molar-refractivity contribution in [2.45, 2.75) is 6.92 Å². The predicted molar refractivity (Wildman–Crippen MR) is 49.0 cm³/mol. The van der Waals surface area contributed by atoms with Crippen molar-refractivity contribution in [1.82, 2.24) is 0 Å². The van der Waals surface area contributed by atoms with Crippen molar-refractivity contribution in [1.29, 1.82) is 0 Å². The molecule has 0 saturated heterocycles. The summed E-state index contributed by atoms with van der Waals surface area (Å²) in [4.78, 5) is 0. The normalized spacial score (nSPS) is 7.64. The number of hydrogen-bond acceptors (Lipinski definition) is 0. The topological polar surface area (TPSA) is 0 Å². The Morgan fingerprint density at radius 2 is 1.55 bits per heavy atom. The van der Waals surface area contributed by atoms with Gasteiger partial charge in [-0.25, -0.2) is 4.39 Å². The van der Waals surface area contributed by atoms with E-state index in [1.807, 2.05) is 6.92 Å². The number of halogens is 3. The second-order valence-electron chi connectivity index (χ2n) is 1.90. The van der Waals surface area contributed by atoms with E-state index >= 15 is 0 Å². The molecule has 11 heavy (non-hydrogen) atoms. The average Bonchev–Trinajstić information content (AvgIpc) is 1.97. The van der Waals surface area contributed by atoms with Crippen molar-refractivity contribution < 1.29 is 17.6 Å². The molecule has 0 bridgehead atoms. The fourth-order valence-electron chi connectivity index (χ4n) is 0.533. The van der Waals surface area contributed by atoms with Crippen LogP contribution in [-0.2, 0) is 13.2 Å². The van der Waals surface area contributed by atoms with Crippen LogP contribution in [0, 0.1) is 12.7 Å². The molecule has 0 spiro atoms. The van der Waals surface area contributed by atoms with Crippen molar-refractivity contribution in [2.24, 2.45) is 0 Å². The molecule has 0 saturated carbocycles. The Morgan fingerprint density at radius 1 is 1.18 bits per heavy atom. The number of aryl methyl sites for hydroxylation is 1. The van der Waals surface area contributed by atoms with Gasteiger partial charge in [-0.15, -0.1) is 0 Å². The molecule has 0 atom stereocenters. The van der Waals surface area contributed by atoms with E-state index in [4.69, 9.17) is 0 Å². The van der Waals surface area contributed by atoms with Crippen molar-refractivity contribution in [3.05, 3.63) is 35.6 Å². The molecule has 4 heteroatoms. The van der Waals surface area contributed by atoms with Gasteiger partial charge in [0.15, 0.2) is 0 Å². The zero-order valence-corrected chi connectivity index (χ0v) is 12.3. The third-order valence-electron chi connectivity index (χ3n) is 1.01. The molecule has 0 heterocycles. The van der Waals surface area contributed by atoms with E-state index in [0.717, 1.165) is 5.56 Å². The molecule has 0 radical (unpaired) electrons. The molecular formula is C7H7Br2FZn. The fraction of sp³-hybridized carbons (Fsp3) is 0.143. The summed E-state index contributed by atoms with van der Waals surface area (Å²) in [5.74, 6) is -0.171. The van der Waals surface area contributed by atoms with Gasteiger partial charge in [0.2, 0.25) is 0 Å². The van der Waals surface area contributed by atoms with Crippen molar-refractivity contribution in [2.75, 3.05) is 0 Å². The first kappa shape index (κ1) is 11.7. The molecule has 0 amide bonds. The Bertz CT molecular complexity index is 167. The van der Waals surface area contributed by atoms with Gasteiger partial charge >= 0.3 is 40.5 Å². The van der Waals surface area contributed by atoms with Gasteiger partial charge in [0.1, 0.15) is 5.82 Å². The van der Waals surface area contributed by atoms with Gasteiger partial charge in [-0.1, -0.05) is 17.7 Å². The van der Waals surface area contributed by atoms with Crippen molar-refractivity contribution >= 4 is 27.2 Å². The van der Waals surface area contributed by atoms with E-state index in [1.165, 1.54) is 12.1 Å². The molecule has 1 aromatic rings. The SMILES string of the molecule is Cc1ccc(F)cc1.[Br][Zn][Br]. The van der Waals surface area contributed by atoms with E-state index in [2.05, 4.69) is 27.2 Å². The van der Waals surface area contributed by atoms with Crippen molar-refractivity contribution in [3.8, 4) is 0 Å². The Morgan fingerprint density at radius 3 is 1.82 bits per heavy atom. The van der Waals surface area contributed by atoms with Crippen LogP contribution in [0.3, 0.4) is 0 Å². The summed E-state index contributed by atoms with van der Waals surface area (Å²) in [5.41, 5.74) is 1.09. The van der Waals surface area contributed by atoms with E-state index in [-0.39, 0.29) is 19.0 Å². The van der Waals surface area contributed by atoms with E-state index in [9.17, 15) is 4.39 Å². The third kappa shape index (κ3) is 7.11. The fourth-order valence-corrected chi connectivity index (χ4v) is 0.533. The minimum atomic E-state index is -0.250. The molecule has 58 valence electrons. The molecule has 0 aliphatic carbocycles. The summed E-state index contributed by atoms with van der Waals surface area (Å²) in [6, 6.07) is 6.40. The molecule has 0 aromatic heterocycles. The Hall–Kier alpha value is 0.733. The first-order chi connectivity index (χ1) is 5.20. The first-order valence-electron chi connectivity index (χ1n) is 3.04. The summed E-state index contributed by atoms with van der Waals surface area (Å²) in [7, 11) is 0. The first-order valence-corrected chi connectivity index (χ1v) is 16.9. The summed E-state index contributed by atoms with van der Waals surface area (Å²) >= 11 is 6.25. The summed E-state index contributed by atoms with van der Waals surface area (Å²) in [5, 5.41) is 0. The molecule has 0 aliphatic rings. The predicted octanol–water partition coefficient (Wildman–Crippen LogP) is 3.82. The standard InChI is InChI=1S/C7H7F.2BrH.Zn/c1-6-2-4-7(8)5-3-6;;;/h2-5H,1H3;2*1H;/q;;;+2/p-2. The molecule has 0 unspecified atom stereocenters. The molecule has 0 nitrogen and oxygen atoms in total. The Kier molecular flexibility index (Phi) is 7.88. The van der Waals surface area contributed by atoms with E-state index in [1.54, 1.807) is 12.1 Å². The van der Waals surface area contributed by atoms with Gasteiger partial charge in [0.25, 0.3) is 0 Å². The van der Waals surface area contributed by atoms with Crippen LogP contribution in [0.15, 0.2) is 24.3 Å². The van der Waals surface area contributed by atoms with E-state index in [0.29, 0.717) is 0 Å². The second kappa shape index (κ2) is 7.39. The quantitative estimate of drug-likeness (QED) is 0.632. The molecule has 0 fully saturated rings. The van der Waals surface area contributed by atoms with E-state index < -0.39 is 0 Å². The van der Waals surface area contributed by atoms with Gasteiger partial charge in [-0.05, 0) is 19.1 Å². The second-order valence-corrected chi connectivity index (χ2v) is 16.0. The van der Waals surface area contributed by atoms with Gasteiger partial charge < -0.3 is 0 Å². The van der Waals surface area contributed by atoms with Crippen LogP contribution in [0.1, 0.15) is 5.56 Å². The molecule has 1 aromatic carbocycles. The van der Waals surface area contributed by atoms with Crippen LogP contribution in [0.25, 0.3) is 0 Å². The van der Waals surface area contributed by atoms with Gasteiger partial charge in [-0.3, -0.25) is 0 Å². The zero-order chi connectivity index (χ0) is 8.69. The van der Waals surface area contributed by atoms with Crippen LogP contribution in [0.5, 0.6) is 0 Å². The summed E-state index contributed by atoms with van der Waals surface area (Å²) in [6.45, 7) is 1.93. The average molecular weight is 335 g/mol. The van der Waals surface area contributed by atoms with Crippen LogP contribution in [0.4, 0.5) is 4.39 Å². The summed E-state index contributed by atoms with van der Waals surface area (Å²) < 4.78 is 12.1. The van der Waals surface area contributed by atoms with Crippen LogP contribution < -0.4 is 0 Å². The molecule has 0 N–H and O–H groups in total. The number of hydrogen-bond donors (Lipinski definition) is 0. The Balaban J connectivity index is 0.000000292. The number of rotatable bonds is 0. The van der Waals surface area contributed by atoms with Gasteiger partial charge in [0.05, 0.1) is 0 Å². The minimum absolute atomic E-state index is 0.171. The van der Waals surface area contributed by atoms with Crippen LogP contribution in [0.2, 0.25) is 0 Å². The monoisotopic (exact) mass is 332 g/mol. The number of benzene rings is 1. The summed E-state index contributed by atoms with van der Waals surface area (Å²) in [6.07, 6.45) is 0. The van der Waals surface area contributed by atoms with Gasteiger partial charge in [0, 0.05) is 0 Å². The van der Waals surface area contributed by atoms with Crippen LogP contribution >= 0.6 is 27.2 Å². The molecular weight excluding hydrogens is 328 g/mol. The molecule has 0 aliphatic heterocycles. The third-order valence-corrected chi connectivity index (χ3v) is 1.01. The Labute approximate surface area is 86.9 Å². The molecule has 1 rings (SSSR count). The van der Waals surface area contributed by atoms with Crippen LogP contribution in [-0.4, -0.2) is 0 Å². The zero-order valence-electron chi connectivity index (χ0n) is 6.15. The van der Waals surface area contributed by atoms with Gasteiger partial charge in [-0.2, -0.15) is 0 Å². The maximum atomic E-state index is 12.1. The van der Waals surface area contributed by atoms with Crippen molar-refractivity contribution in [3.63, 3.8) is 0 Å².